The maximum atomic E-state index is 11.9. The van der Waals surface area contributed by atoms with Gasteiger partial charge in [-0.25, -0.2) is 4.79 Å². The van der Waals surface area contributed by atoms with Crippen molar-refractivity contribution >= 4 is 23.2 Å². The molecular formula is C12H12Cl2N2O. The van der Waals surface area contributed by atoms with Gasteiger partial charge in [-0.2, -0.15) is 0 Å². The van der Waals surface area contributed by atoms with Crippen molar-refractivity contribution in [1.29, 1.82) is 0 Å². The molecule has 17 heavy (non-hydrogen) atoms. The molecule has 2 aromatic rings. The van der Waals surface area contributed by atoms with Crippen LogP contribution in [0.5, 0.6) is 0 Å². The van der Waals surface area contributed by atoms with Crippen molar-refractivity contribution < 1.29 is 0 Å². The van der Waals surface area contributed by atoms with Gasteiger partial charge in [-0.3, -0.25) is 9.13 Å². The molecule has 0 aliphatic heterocycles. The largest absolute Gasteiger partial charge is 0.328 e. The molecule has 0 saturated heterocycles. The van der Waals surface area contributed by atoms with Gasteiger partial charge in [-0.1, -0.05) is 23.2 Å². The third-order valence-electron chi connectivity index (χ3n) is 2.61. The van der Waals surface area contributed by atoms with Crippen LogP contribution in [0.3, 0.4) is 0 Å². The van der Waals surface area contributed by atoms with Crippen LogP contribution in [0, 0.1) is 0 Å². The summed E-state index contributed by atoms with van der Waals surface area (Å²) in [4.78, 5) is 11.9. The van der Waals surface area contributed by atoms with Crippen molar-refractivity contribution in [3.63, 3.8) is 0 Å². The highest BCUT2D eigenvalue weighted by Crippen LogP contribution is 2.21. The number of aryl methyl sites for hydroxylation is 1. The molecule has 0 atom stereocenters. The summed E-state index contributed by atoms with van der Waals surface area (Å²) in [7, 11) is 0. The molecule has 5 heteroatoms. The topological polar surface area (TPSA) is 26.9 Å². The number of nitrogens with zero attached hydrogens (tertiary/aromatic N) is 2. The second kappa shape index (κ2) is 4.98. The first-order valence-corrected chi connectivity index (χ1v) is 6.07. The number of benzene rings is 1. The first kappa shape index (κ1) is 12.3. The zero-order valence-corrected chi connectivity index (χ0v) is 10.9. The van der Waals surface area contributed by atoms with Crippen molar-refractivity contribution in [3.8, 4) is 0 Å². The number of rotatable bonds is 3. The van der Waals surface area contributed by atoms with Gasteiger partial charge in [0.25, 0.3) is 0 Å². The van der Waals surface area contributed by atoms with Crippen molar-refractivity contribution in [3.05, 3.63) is 56.7 Å². The molecule has 0 aliphatic rings. The average molecular weight is 271 g/mol. The molecule has 3 nitrogen and oxygen atoms in total. The van der Waals surface area contributed by atoms with E-state index in [0.717, 1.165) is 5.56 Å². The number of aromatic nitrogens is 2. The fraction of sp³-hybridized carbons (Fsp3) is 0.250. The fourth-order valence-corrected chi connectivity index (χ4v) is 2.03. The third-order valence-corrected chi connectivity index (χ3v) is 3.21. The Hall–Kier alpha value is -1.19. The van der Waals surface area contributed by atoms with E-state index >= 15 is 0 Å². The molecule has 1 aromatic carbocycles. The maximum Gasteiger partial charge on any atom is 0.328 e. The SMILES string of the molecule is CCn1ccn(Cc2cc(Cl)ccc2Cl)c1=O. The van der Waals surface area contributed by atoms with E-state index < -0.39 is 0 Å². The Morgan fingerprint density at radius 1 is 1.18 bits per heavy atom. The molecule has 2 rings (SSSR count). The van der Waals surface area contributed by atoms with E-state index in [2.05, 4.69) is 0 Å². The molecule has 90 valence electrons. The normalized spacial score (nSPS) is 10.8. The molecule has 0 unspecified atom stereocenters. The molecule has 0 amide bonds. The Bertz CT molecular complexity index is 586. The van der Waals surface area contributed by atoms with Crippen LogP contribution in [0.15, 0.2) is 35.4 Å². The summed E-state index contributed by atoms with van der Waals surface area (Å²) < 4.78 is 3.25. The maximum absolute atomic E-state index is 11.9. The van der Waals surface area contributed by atoms with Crippen LogP contribution in [0.2, 0.25) is 10.0 Å². The molecule has 1 aromatic heterocycles. The molecule has 0 saturated carbocycles. The van der Waals surface area contributed by atoms with E-state index in [4.69, 9.17) is 23.2 Å². The minimum atomic E-state index is -0.0384. The summed E-state index contributed by atoms with van der Waals surface area (Å²) in [5.74, 6) is 0. The Kier molecular flexibility index (Phi) is 3.60. The van der Waals surface area contributed by atoms with Crippen molar-refractivity contribution in [1.82, 2.24) is 9.13 Å². The van der Waals surface area contributed by atoms with Gasteiger partial charge >= 0.3 is 5.69 Å². The summed E-state index contributed by atoms with van der Waals surface area (Å²) in [6.07, 6.45) is 3.52. The first-order valence-electron chi connectivity index (χ1n) is 5.31. The average Bonchev–Trinajstić information content (AvgIpc) is 2.65. The predicted molar refractivity (Wildman–Crippen MR) is 69.9 cm³/mol. The lowest BCUT2D eigenvalue weighted by atomic mass is 10.2. The van der Waals surface area contributed by atoms with Crippen LogP contribution < -0.4 is 5.69 Å². The van der Waals surface area contributed by atoms with Crippen LogP contribution in [0.4, 0.5) is 0 Å². The van der Waals surface area contributed by atoms with Gasteiger partial charge in [0, 0.05) is 29.0 Å². The van der Waals surface area contributed by atoms with Crippen LogP contribution in [0.25, 0.3) is 0 Å². The molecule has 0 N–H and O–H groups in total. The highest BCUT2D eigenvalue weighted by molar-refractivity contribution is 6.33. The summed E-state index contributed by atoms with van der Waals surface area (Å²) in [6.45, 7) is 3.03. The van der Waals surface area contributed by atoms with Gasteiger partial charge in [-0.05, 0) is 30.7 Å². The van der Waals surface area contributed by atoms with Gasteiger partial charge in [0.2, 0.25) is 0 Å². The van der Waals surface area contributed by atoms with E-state index in [1.807, 2.05) is 6.92 Å². The first-order chi connectivity index (χ1) is 8.11. The van der Waals surface area contributed by atoms with E-state index in [0.29, 0.717) is 23.1 Å². The second-order valence-corrected chi connectivity index (χ2v) is 4.57. The van der Waals surface area contributed by atoms with Gasteiger partial charge in [0.1, 0.15) is 0 Å². The Morgan fingerprint density at radius 3 is 2.53 bits per heavy atom. The van der Waals surface area contributed by atoms with Gasteiger partial charge < -0.3 is 0 Å². The lowest BCUT2D eigenvalue weighted by Crippen LogP contribution is -2.23. The van der Waals surface area contributed by atoms with Crippen molar-refractivity contribution in [2.24, 2.45) is 0 Å². The zero-order valence-electron chi connectivity index (χ0n) is 9.36. The fourth-order valence-electron chi connectivity index (χ4n) is 1.66. The van der Waals surface area contributed by atoms with Crippen molar-refractivity contribution in [2.45, 2.75) is 20.0 Å². The minimum absolute atomic E-state index is 0.0384. The molecule has 1 heterocycles. The Morgan fingerprint density at radius 2 is 1.88 bits per heavy atom. The molecule has 0 fully saturated rings. The monoisotopic (exact) mass is 270 g/mol. The molecule has 0 aliphatic carbocycles. The van der Waals surface area contributed by atoms with E-state index in [1.165, 1.54) is 0 Å². The number of hydrogen-bond donors (Lipinski definition) is 0. The zero-order chi connectivity index (χ0) is 12.4. The van der Waals surface area contributed by atoms with Gasteiger partial charge in [0.05, 0.1) is 6.54 Å². The van der Waals surface area contributed by atoms with Gasteiger partial charge in [0.15, 0.2) is 0 Å². The standard InChI is InChI=1S/C12H12Cl2N2O/c1-2-15-5-6-16(12(15)17)8-9-7-10(13)3-4-11(9)14/h3-7H,2,8H2,1H3. The van der Waals surface area contributed by atoms with Crippen LogP contribution in [0.1, 0.15) is 12.5 Å². The summed E-state index contributed by atoms with van der Waals surface area (Å²) in [5.41, 5.74) is 0.804. The molecular weight excluding hydrogens is 259 g/mol. The van der Waals surface area contributed by atoms with Crippen LogP contribution >= 0.6 is 23.2 Å². The lowest BCUT2D eigenvalue weighted by molar-refractivity contribution is 0.668. The number of imidazole rings is 1. The number of hydrogen-bond acceptors (Lipinski definition) is 1. The van der Waals surface area contributed by atoms with E-state index in [1.54, 1.807) is 39.7 Å². The third kappa shape index (κ3) is 2.56. The number of halogens is 2. The van der Waals surface area contributed by atoms with E-state index in [9.17, 15) is 4.79 Å². The predicted octanol–water partition coefficient (Wildman–Crippen LogP) is 3.02. The summed E-state index contributed by atoms with van der Waals surface area (Å²) >= 11 is 12.0. The molecule has 0 radical (unpaired) electrons. The smallest absolute Gasteiger partial charge is 0.300 e. The second-order valence-electron chi connectivity index (χ2n) is 3.73. The van der Waals surface area contributed by atoms with Gasteiger partial charge in [-0.15, -0.1) is 0 Å². The molecule has 0 bridgehead atoms. The van der Waals surface area contributed by atoms with E-state index in [-0.39, 0.29) is 5.69 Å². The van der Waals surface area contributed by atoms with Crippen LogP contribution in [-0.4, -0.2) is 9.13 Å². The lowest BCUT2D eigenvalue weighted by Gasteiger charge is -2.05. The summed E-state index contributed by atoms with van der Waals surface area (Å²) in [6, 6.07) is 5.24. The quantitative estimate of drug-likeness (QED) is 0.843. The Balaban J connectivity index is 2.34. The molecule has 0 spiro atoms. The highest BCUT2D eigenvalue weighted by Gasteiger charge is 2.06. The summed E-state index contributed by atoms with van der Waals surface area (Å²) in [5, 5.41) is 1.23. The Labute approximate surface area is 109 Å². The minimum Gasteiger partial charge on any atom is -0.300 e. The highest BCUT2D eigenvalue weighted by atomic mass is 35.5. The van der Waals surface area contributed by atoms with Crippen LogP contribution in [-0.2, 0) is 13.1 Å². The van der Waals surface area contributed by atoms with Crippen molar-refractivity contribution in [2.75, 3.05) is 0 Å².